The first kappa shape index (κ1) is 10.5. The van der Waals surface area contributed by atoms with Gasteiger partial charge in [-0.15, -0.1) is 0 Å². The van der Waals surface area contributed by atoms with Crippen LogP contribution in [0.15, 0.2) is 0 Å². The lowest BCUT2D eigenvalue weighted by Gasteiger charge is -2.39. The van der Waals surface area contributed by atoms with Crippen LogP contribution in [-0.4, -0.2) is 29.8 Å². The topological polar surface area (TPSA) is 72.5 Å². The number of nitrogens with two attached hydrogens (primary N) is 1. The molecule has 1 aliphatic rings. The SMILES string of the molecule is COC1CCCCC1(N)CC(=O)O. The fourth-order valence-corrected chi connectivity index (χ4v) is 2.07. The molecule has 76 valence electrons. The molecule has 2 atom stereocenters. The van der Waals surface area contributed by atoms with E-state index < -0.39 is 11.5 Å². The van der Waals surface area contributed by atoms with E-state index >= 15 is 0 Å². The Morgan fingerprint density at radius 3 is 2.92 bits per heavy atom. The van der Waals surface area contributed by atoms with Crippen LogP contribution < -0.4 is 5.73 Å². The van der Waals surface area contributed by atoms with E-state index in [9.17, 15) is 4.79 Å². The Labute approximate surface area is 78.1 Å². The Bertz CT molecular complexity index is 195. The molecule has 0 radical (unpaired) electrons. The van der Waals surface area contributed by atoms with Gasteiger partial charge in [0.1, 0.15) is 0 Å². The quantitative estimate of drug-likeness (QED) is 0.683. The maximum Gasteiger partial charge on any atom is 0.305 e. The van der Waals surface area contributed by atoms with Crippen molar-refractivity contribution in [2.24, 2.45) is 5.73 Å². The molecule has 0 aromatic carbocycles. The monoisotopic (exact) mass is 187 g/mol. The van der Waals surface area contributed by atoms with Crippen LogP contribution in [0.25, 0.3) is 0 Å². The second-order valence-corrected chi connectivity index (χ2v) is 3.77. The Kier molecular flexibility index (Phi) is 3.27. The zero-order chi connectivity index (χ0) is 9.90. The van der Waals surface area contributed by atoms with Gasteiger partial charge < -0.3 is 15.6 Å². The van der Waals surface area contributed by atoms with E-state index in [-0.39, 0.29) is 12.5 Å². The summed E-state index contributed by atoms with van der Waals surface area (Å²) in [6.45, 7) is 0. The maximum absolute atomic E-state index is 10.6. The van der Waals surface area contributed by atoms with Crippen molar-refractivity contribution in [3.8, 4) is 0 Å². The van der Waals surface area contributed by atoms with Crippen molar-refractivity contribution < 1.29 is 14.6 Å². The van der Waals surface area contributed by atoms with E-state index in [1.807, 2.05) is 0 Å². The van der Waals surface area contributed by atoms with Gasteiger partial charge in [-0.1, -0.05) is 12.8 Å². The fourth-order valence-electron chi connectivity index (χ4n) is 2.07. The summed E-state index contributed by atoms with van der Waals surface area (Å²) in [4.78, 5) is 10.6. The summed E-state index contributed by atoms with van der Waals surface area (Å²) in [5, 5.41) is 8.71. The van der Waals surface area contributed by atoms with Crippen LogP contribution in [0, 0.1) is 0 Å². The average molecular weight is 187 g/mol. The summed E-state index contributed by atoms with van der Waals surface area (Å²) in [5.41, 5.74) is 5.36. The first-order valence-electron chi connectivity index (χ1n) is 4.62. The predicted octanol–water partition coefficient (Wildman–Crippen LogP) is 0.748. The number of aliphatic carboxylic acids is 1. The lowest BCUT2D eigenvalue weighted by molar-refractivity contribution is -0.140. The highest BCUT2D eigenvalue weighted by Gasteiger charge is 2.39. The van der Waals surface area contributed by atoms with Gasteiger partial charge in [0, 0.05) is 7.11 Å². The molecule has 0 aliphatic heterocycles. The minimum absolute atomic E-state index is 0.00546. The second-order valence-electron chi connectivity index (χ2n) is 3.77. The molecule has 0 spiro atoms. The average Bonchev–Trinajstić information content (AvgIpc) is 2.03. The minimum atomic E-state index is -0.841. The van der Waals surface area contributed by atoms with Crippen LogP contribution in [0.3, 0.4) is 0 Å². The van der Waals surface area contributed by atoms with E-state index in [0.717, 1.165) is 25.7 Å². The minimum Gasteiger partial charge on any atom is -0.481 e. The summed E-state index contributed by atoms with van der Waals surface area (Å²) in [7, 11) is 1.60. The van der Waals surface area contributed by atoms with Crippen molar-refractivity contribution in [1.82, 2.24) is 0 Å². The third-order valence-electron chi connectivity index (χ3n) is 2.76. The number of carboxylic acids is 1. The van der Waals surface area contributed by atoms with Crippen molar-refractivity contribution in [1.29, 1.82) is 0 Å². The number of rotatable bonds is 3. The number of ether oxygens (including phenoxy) is 1. The number of hydrogen-bond donors (Lipinski definition) is 2. The molecule has 0 bridgehead atoms. The van der Waals surface area contributed by atoms with Crippen molar-refractivity contribution in [2.45, 2.75) is 43.7 Å². The predicted molar refractivity (Wildman–Crippen MR) is 48.4 cm³/mol. The summed E-state index contributed by atoms with van der Waals surface area (Å²) in [6, 6.07) is 0. The van der Waals surface area contributed by atoms with Gasteiger partial charge in [-0.2, -0.15) is 0 Å². The molecule has 0 aromatic rings. The second kappa shape index (κ2) is 4.07. The molecule has 0 heterocycles. The van der Waals surface area contributed by atoms with Gasteiger partial charge in [-0.05, 0) is 12.8 Å². The highest BCUT2D eigenvalue weighted by Crippen LogP contribution is 2.30. The molecule has 0 saturated heterocycles. The molecule has 2 unspecified atom stereocenters. The smallest absolute Gasteiger partial charge is 0.305 e. The van der Waals surface area contributed by atoms with Crippen LogP contribution >= 0.6 is 0 Å². The van der Waals surface area contributed by atoms with Crippen LogP contribution in [0.4, 0.5) is 0 Å². The first-order chi connectivity index (χ1) is 6.08. The van der Waals surface area contributed by atoms with Gasteiger partial charge in [0.25, 0.3) is 0 Å². The third-order valence-corrected chi connectivity index (χ3v) is 2.76. The zero-order valence-electron chi connectivity index (χ0n) is 7.95. The molecule has 13 heavy (non-hydrogen) atoms. The Morgan fingerprint density at radius 2 is 2.38 bits per heavy atom. The van der Waals surface area contributed by atoms with E-state index in [0.29, 0.717) is 0 Å². The number of carboxylic acid groups (broad SMARTS) is 1. The highest BCUT2D eigenvalue weighted by atomic mass is 16.5. The summed E-state index contributed by atoms with van der Waals surface area (Å²) in [6.07, 6.45) is 3.61. The summed E-state index contributed by atoms with van der Waals surface area (Å²) in [5.74, 6) is -0.841. The lowest BCUT2D eigenvalue weighted by Crippen LogP contribution is -2.54. The van der Waals surface area contributed by atoms with Crippen LogP contribution in [0.1, 0.15) is 32.1 Å². The molecule has 1 fully saturated rings. The lowest BCUT2D eigenvalue weighted by atomic mass is 9.77. The zero-order valence-corrected chi connectivity index (χ0v) is 7.95. The van der Waals surface area contributed by atoms with Crippen LogP contribution in [0.5, 0.6) is 0 Å². The van der Waals surface area contributed by atoms with Crippen molar-refractivity contribution in [3.05, 3.63) is 0 Å². The summed E-state index contributed by atoms with van der Waals surface area (Å²) < 4.78 is 5.22. The molecule has 3 N–H and O–H groups in total. The van der Waals surface area contributed by atoms with Gasteiger partial charge in [0.05, 0.1) is 18.1 Å². The molecule has 4 nitrogen and oxygen atoms in total. The molecule has 0 aromatic heterocycles. The van der Waals surface area contributed by atoms with E-state index in [1.54, 1.807) is 7.11 Å². The van der Waals surface area contributed by atoms with Crippen LogP contribution in [-0.2, 0) is 9.53 Å². The van der Waals surface area contributed by atoms with Crippen molar-refractivity contribution >= 4 is 5.97 Å². The van der Waals surface area contributed by atoms with Gasteiger partial charge in [0.2, 0.25) is 0 Å². The Morgan fingerprint density at radius 1 is 1.69 bits per heavy atom. The fraction of sp³-hybridized carbons (Fsp3) is 0.889. The third kappa shape index (κ3) is 2.42. The Balaban J connectivity index is 2.64. The molecule has 1 aliphatic carbocycles. The van der Waals surface area contributed by atoms with Crippen molar-refractivity contribution in [3.63, 3.8) is 0 Å². The standard InChI is InChI=1S/C9H17NO3/c1-13-7-4-2-3-5-9(7,10)6-8(11)12/h7H,2-6,10H2,1H3,(H,11,12). The van der Waals surface area contributed by atoms with Gasteiger partial charge >= 0.3 is 5.97 Å². The molecule has 1 saturated carbocycles. The highest BCUT2D eigenvalue weighted by molar-refractivity contribution is 5.68. The molecule has 0 amide bonds. The largest absolute Gasteiger partial charge is 0.481 e. The normalized spacial score (nSPS) is 34.5. The van der Waals surface area contributed by atoms with Gasteiger partial charge in [-0.3, -0.25) is 4.79 Å². The van der Waals surface area contributed by atoms with E-state index in [4.69, 9.17) is 15.6 Å². The van der Waals surface area contributed by atoms with E-state index in [2.05, 4.69) is 0 Å². The van der Waals surface area contributed by atoms with E-state index in [1.165, 1.54) is 0 Å². The first-order valence-corrected chi connectivity index (χ1v) is 4.62. The number of methoxy groups -OCH3 is 1. The molecule has 4 heteroatoms. The number of carbonyl (C=O) groups is 1. The Hall–Kier alpha value is -0.610. The molecular formula is C9H17NO3. The summed E-state index contributed by atoms with van der Waals surface area (Å²) >= 11 is 0. The number of hydrogen-bond acceptors (Lipinski definition) is 3. The van der Waals surface area contributed by atoms with Crippen LogP contribution in [0.2, 0.25) is 0 Å². The molecular weight excluding hydrogens is 170 g/mol. The van der Waals surface area contributed by atoms with Gasteiger partial charge in [-0.25, -0.2) is 0 Å². The maximum atomic E-state index is 10.6. The van der Waals surface area contributed by atoms with Crippen molar-refractivity contribution in [2.75, 3.05) is 7.11 Å². The molecule has 1 rings (SSSR count). The van der Waals surface area contributed by atoms with Gasteiger partial charge in [0.15, 0.2) is 0 Å².